The van der Waals surface area contributed by atoms with Gasteiger partial charge in [0.15, 0.2) is 0 Å². The van der Waals surface area contributed by atoms with Crippen molar-refractivity contribution in [2.75, 3.05) is 18.8 Å². The van der Waals surface area contributed by atoms with E-state index in [0.29, 0.717) is 19.5 Å². The Morgan fingerprint density at radius 2 is 2.00 bits per heavy atom. The van der Waals surface area contributed by atoms with Crippen LogP contribution in [0.1, 0.15) is 18.4 Å². The Hall–Kier alpha value is -0.710. The third-order valence-corrected chi connectivity index (χ3v) is 3.34. The summed E-state index contributed by atoms with van der Waals surface area (Å²) in [6.07, 6.45) is 1.29. The molecule has 0 bridgehead atoms. The molecule has 1 rings (SSSR count). The Morgan fingerprint density at radius 3 is 2.61 bits per heavy atom. The summed E-state index contributed by atoms with van der Waals surface area (Å²) in [4.78, 5) is 12.5. The highest BCUT2D eigenvalue weighted by atomic mass is 35.5. The molecular weight excluding hydrogens is 268 g/mol. The van der Waals surface area contributed by atoms with Gasteiger partial charge < -0.3 is 11.1 Å². The van der Waals surface area contributed by atoms with Gasteiger partial charge in [0.1, 0.15) is 0 Å². The molecule has 0 aliphatic rings. The second-order valence-electron chi connectivity index (χ2n) is 3.90. The SMILES string of the molecule is Cc1ccc(SCCNC(=O)CCCN)cc1.Cl. The van der Waals surface area contributed by atoms with Gasteiger partial charge in [-0.15, -0.1) is 24.2 Å². The third kappa shape index (κ3) is 7.58. The third-order valence-electron chi connectivity index (χ3n) is 2.32. The molecule has 0 atom stereocenters. The van der Waals surface area contributed by atoms with Gasteiger partial charge in [-0.25, -0.2) is 0 Å². The highest BCUT2D eigenvalue weighted by molar-refractivity contribution is 7.99. The van der Waals surface area contributed by atoms with Crippen LogP contribution in [-0.2, 0) is 4.79 Å². The van der Waals surface area contributed by atoms with Gasteiger partial charge in [-0.2, -0.15) is 0 Å². The summed E-state index contributed by atoms with van der Waals surface area (Å²) < 4.78 is 0. The van der Waals surface area contributed by atoms with Crippen molar-refractivity contribution in [3.8, 4) is 0 Å². The molecule has 3 N–H and O–H groups in total. The summed E-state index contributed by atoms with van der Waals surface area (Å²) in [5.74, 6) is 0.997. The second-order valence-corrected chi connectivity index (χ2v) is 5.07. The van der Waals surface area contributed by atoms with Crippen molar-refractivity contribution < 1.29 is 4.79 Å². The summed E-state index contributed by atoms with van der Waals surface area (Å²) in [5.41, 5.74) is 6.60. The Bertz CT molecular complexity index is 343. The molecule has 0 aliphatic heterocycles. The van der Waals surface area contributed by atoms with Gasteiger partial charge in [-0.05, 0) is 32.0 Å². The summed E-state index contributed by atoms with van der Waals surface area (Å²) in [6, 6.07) is 8.41. The molecule has 5 heteroatoms. The lowest BCUT2D eigenvalue weighted by molar-refractivity contribution is -0.121. The van der Waals surface area contributed by atoms with E-state index in [1.807, 2.05) is 0 Å². The number of thioether (sulfide) groups is 1. The molecule has 0 saturated carbocycles. The summed E-state index contributed by atoms with van der Waals surface area (Å²) >= 11 is 1.76. The molecule has 18 heavy (non-hydrogen) atoms. The minimum Gasteiger partial charge on any atom is -0.355 e. The standard InChI is InChI=1S/C13H20N2OS.ClH/c1-11-4-6-12(7-5-11)17-10-9-15-13(16)3-2-8-14;/h4-7H,2-3,8-10,14H2,1H3,(H,15,16);1H. The number of carbonyl (C=O) groups excluding carboxylic acids is 1. The van der Waals surface area contributed by atoms with E-state index in [0.717, 1.165) is 12.2 Å². The van der Waals surface area contributed by atoms with Crippen LogP contribution in [0.4, 0.5) is 0 Å². The van der Waals surface area contributed by atoms with Crippen LogP contribution >= 0.6 is 24.2 Å². The van der Waals surface area contributed by atoms with Crippen LogP contribution < -0.4 is 11.1 Å². The fourth-order valence-corrected chi connectivity index (χ4v) is 2.11. The molecule has 0 aliphatic carbocycles. The zero-order valence-electron chi connectivity index (χ0n) is 10.6. The smallest absolute Gasteiger partial charge is 0.220 e. The van der Waals surface area contributed by atoms with E-state index in [1.165, 1.54) is 10.5 Å². The van der Waals surface area contributed by atoms with Crippen LogP contribution in [0.5, 0.6) is 0 Å². The van der Waals surface area contributed by atoms with Crippen LogP contribution in [0.25, 0.3) is 0 Å². The zero-order chi connectivity index (χ0) is 12.5. The normalized spacial score (nSPS) is 9.67. The summed E-state index contributed by atoms with van der Waals surface area (Å²) in [6.45, 7) is 3.36. The van der Waals surface area contributed by atoms with E-state index < -0.39 is 0 Å². The number of aryl methyl sites for hydroxylation is 1. The Morgan fingerprint density at radius 1 is 1.33 bits per heavy atom. The van der Waals surface area contributed by atoms with Crippen LogP contribution in [0.2, 0.25) is 0 Å². The van der Waals surface area contributed by atoms with Gasteiger partial charge in [0.05, 0.1) is 0 Å². The molecule has 1 aromatic carbocycles. The predicted octanol–water partition coefficient (Wildman–Crippen LogP) is 2.36. The Labute approximate surface area is 119 Å². The van der Waals surface area contributed by atoms with E-state index in [1.54, 1.807) is 11.8 Å². The molecule has 0 saturated heterocycles. The maximum absolute atomic E-state index is 11.3. The van der Waals surface area contributed by atoms with Gasteiger partial charge in [-0.3, -0.25) is 4.79 Å². The molecule has 0 spiro atoms. The number of amides is 1. The fourth-order valence-electron chi connectivity index (χ4n) is 1.34. The molecule has 0 heterocycles. The molecule has 1 aromatic rings. The summed E-state index contributed by atoms with van der Waals surface area (Å²) in [5, 5.41) is 2.88. The van der Waals surface area contributed by atoms with Gasteiger partial charge in [-0.1, -0.05) is 17.7 Å². The van der Waals surface area contributed by atoms with Crippen molar-refractivity contribution >= 4 is 30.1 Å². The van der Waals surface area contributed by atoms with Crippen molar-refractivity contribution in [2.24, 2.45) is 5.73 Å². The van der Waals surface area contributed by atoms with Gasteiger partial charge in [0.25, 0.3) is 0 Å². The first kappa shape index (κ1) is 17.3. The van der Waals surface area contributed by atoms with Crippen LogP contribution in [0.15, 0.2) is 29.2 Å². The number of carbonyl (C=O) groups is 1. The minimum absolute atomic E-state index is 0. The first-order chi connectivity index (χ1) is 8.22. The lowest BCUT2D eigenvalue weighted by Crippen LogP contribution is -2.25. The number of nitrogens with one attached hydrogen (secondary N) is 1. The molecule has 0 unspecified atom stereocenters. The molecule has 102 valence electrons. The number of benzene rings is 1. The largest absolute Gasteiger partial charge is 0.355 e. The summed E-state index contributed by atoms with van der Waals surface area (Å²) in [7, 11) is 0. The number of hydrogen-bond acceptors (Lipinski definition) is 3. The lowest BCUT2D eigenvalue weighted by Gasteiger charge is -2.05. The molecule has 3 nitrogen and oxygen atoms in total. The van der Waals surface area contributed by atoms with Gasteiger partial charge >= 0.3 is 0 Å². The van der Waals surface area contributed by atoms with E-state index in [4.69, 9.17) is 5.73 Å². The van der Waals surface area contributed by atoms with Crippen LogP contribution in [0, 0.1) is 6.92 Å². The highest BCUT2D eigenvalue weighted by Gasteiger charge is 1.99. The number of hydrogen-bond donors (Lipinski definition) is 2. The Kier molecular flexibility index (Phi) is 9.83. The van der Waals surface area contributed by atoms with E-state index >= 15 is 0 Å². The van der Waals surface area contributed by atoms with Crippen molar-refractivity contribution in [3.63, 3.8) is 0 Å². The first-order valence-corrected chi connectivity index (χ1v) is 6.87. The van der Waals surface area contributed by atoms with E-state index in [9.17, 15) is 4.79 Å². The topological polar surface area (TPSA) is 55.1 Å². The van der Waals surface area contributed by atoms with Crippen molar-refractivity contribution in [2.45, 2.75) is 24.7 Å². The van der Waals surface area contributed by atoms with Crippen molar-refractivity contribution in [1.82, 2.24) is 5.32 Å². The first-order valence-electron chi connectivity index (χ1n) is 5.88. The van der Waals surface area contributed by atoms with Gasteiger partial charge in [0, 0.05) is 23.6 Å². The molecule has 0 radical (unpaired) electrons. The quantitative estimate of drug-likeness (QED) is 0.598. The van der Waals surface area contributed by atoms with Crippen molar-refractivity contribution in [3.05, 3.63) is 29.8 Å². The van der Waals surface area contributed by atoms with Gasteiger partial charge in [0.2, 0.25) is 5.91 Å². The zero-order valence-corrected chi connectivity index (χ0v) is 12.3. The second kappa shape index (κ2) is 10.2. The number of nitrogens with two attached hydrogens (primary N) is 1. The molecule has 0 aromatic heterocycles. The maximum atomic E-state index is 11.3. The average Bonchev–Trinajstić information content (AvgIpc) is 2.34. The monoisotopic (exact) mass is 288 g/mol. The average molecular weight is 289 g/mol. The lowest BCUT2D eigenvalue weighted by atomic mass is 10.2. The van der Waals surface area contributed by atoms with Crippen molar-refractivity contribution in [1.29, 1.82) is 0 Å². The number of halogens is 1. The minimum atomic E-state index is 0. The molecular formula is C13H21ClN2OS. The van der Waals surface area contributed by atoms with E-state index in [2.05, 4.69) is 36.5 Å². The highest BCUT2D eigenvalue weighted by Crippen LogP contribution is 2.17. The molecule has 1 amide bonds. The van der Waals surface area contributed by atoms with Crippen LogP contribution in [0.3, 0.4) is 0 Å². The molecule has 0 fully saturated rings. The number of rotatable bonds is 7. The Balaban J connectivity index is 0.00000289. The fraction of sp³-hybridized carbons (Fsp3) is 0.462. The van der Waals surface area contributed by atoms with E-state index in [-0.39, 0.29) is 18.3 Å². The maximum Gasteiger partial charge on any atom is 0.220 e. The predicted molar refractivity (Wildman–Crippen MR) is 80.4 cm³/mol. The van der Waals surface area contributed by atoms with Crippen LogP contribution in [-0.4, -0.2) is 24.7 Å².